The number of aliphatic hydroxyl groups is 1. The second-order valence-corrected chi connectivity index (χ2v) is 10.3. The second-order valence-electron chi connectivity index (χ2n) is 10.3. The van der Waals surface area contributed by atoms with Gasteiger partial charge in [0.2, 0.25) is 17.6 Å². The topological polar surface area (TPSA) is 168 Å². The molecule has 0 spiro atoms. The van der Waals surface area contributed by atoms with E-state index >= 15 is 0 Å². The van der Waals surface area contributed by atoms with Crippen molar-refractivity contribution < 1.29 is 29.1 Å². The minimum atomic E-state index is -2.03. The van der Waals surface area contributed by atoms with Gasteiger partial charge in [0.15, 0.2) is 5.60 Å². The zero-order valence-corrected chi connectivity index (χ0v) is 21.3. The standard InChI is InChI=1S/C28H32N4O6/c1-15(2)13-22(26(36)31-21(23(33)24(29)34)14-16-11-12-30-25(16)35)32-27(37)28(38)19-9-5-3-7-17(19)18-8-4-6-10-20(18)28/h3-10,15-16,21-22,38H,11-14H2,1-2H3,(H2,29,34)(H,30,35)(H,31,36)(H,32,37)/t16-,21-,22+/m1/s1. The minimum absolute atomic E-state index is 0.0465. The van der Waals surface area contributed by atoms with E-state index in [0.717, 1.165) is 0 Å². The molecule has 2 aromatic rings. The van der Waals surface area contributed by atoms with E-state index in [0.29, 0.717) is 35.2 Å². The summed E-state index contributed by atoms with van der Waals surface area (Å²) in [5, 5.41) is 19.7. The average Bonchev–Trinajstić information content (AvgIpc) is 3.41. The fourth-order valence-electron chi connectivity index (χ4n) is 5.25. The monoisotopic (exact) mass is 520 g/mol. The number of rotatable bonds is 10. The highest BCUT2D eigenvalue weighted by Crippen LogP contribution is 2.47. The molecule has 1 aliphatic heterocycles. The quantitative estimate of drug-likeness (QED) is 0.286. The molecular formula is C28H32N4O6. The maximum Gasteiger partial charge on any atom is 0.287 e. The second kappa shape index (κ2) is 10.7. The number of fused-ring (bicyclic) bond motifs is 3. The Balaban J connectivity index is 1.60. The van der Waals surface area contributed by atoms with E-state index in [9.17, 15) is 29.1 Å². The zero-order chi connectivity index (χ0) is 27.6. The summed E-state index contributed by atoms with van der Waals surface area (Å²) in [4.78, 5) is 63.4. The number of carbonyl (C=O) groups excluding carboxylic acids is 5. The zero-order valence-electron chi connectivity index (χ0n) is 21.3. The lowest BCUT2D eigenvalue weighted by atomic mass is 9.89. The van der Waals surface area contributed by atoms with Gasteiger partial charge in [0.05, 0.1) is 6.04 Å². The SMILES string of the molecule is CC(C)C[C@H](NC(=O)C1(O)c2ccccc2-c2ccccc21)C(=O)N[C@H](C[C@H]1CCNC1=O)C(=O)C(N)=O. The van der Waals surface area contributed by atoms with Gasteiger partial charge in [-0.15, -0.1) is 0 Å². The van der Waals surface area contributed by atoms with Crippen molar-refractivity contribution in [1.29, 1.82) is 0 Å². The molecule has 4 amide bonds. The van der Waals surface area contributed by atoms with Gasteiger partial charge in [-0.2, -0.15) is 0 Å². The van der Waals surface area contributed by atoms with Gasteiger partial charge >= 0.3 is 0 Å². The van der Waals surface area contributed by atoms with Crippen LogP contribution in [-0.4, -0.2) is 53.1 Å². The molecule has 0 aromatic heterocycles. The summed E-state index contributed by atoms with van der Waals surface area (Å²) in [5.41, 5.74) is 5.40. The molecule has 2 aliphatic rings. The molecule has 1 fully saturated rings. The molecule has 1 aliphatic carbocycles. The molecule has 0 saturated carbocycles. The molecule has 2 aromatic carbocycles. The van der Waals surface area contributed by atoms with E-state index in [-0.39, 0.29) is 24.7 Å². The highest BCUT2D eigenvalue weighted by atomic mass is 16.3. The van der Waals surface area contributed by atoms with Crippen molar-refractivity contribution in [3.63, 3.8) is 0 Å². The van der Waals surface area contributed by atoms with Crippen molar-refractivity contribution in [3.05, 3.63) is 59.7 Å². The summed E-state index contributed by atoms with van der Waals surface area (Å²) in [6.07, 6.45) is 0.556. The van der Waals surface area contributed by atoms with Crippen LogP contribution in [0.2, 0.25) is 0 Å². The number of Topliss-reactive ketones (excluding diaryl/α,β-unsaturated/α-hetero) is 1. The van der Waals surface area contributed by atoms with Crippen molar-refractivity contribution in [3.8, 4) is 11.1 Å². The minimum Gasteiger partial charge on any atom is -0.372 e. The van der Waals surface area contributed by atoms with Crippen LogP contribution in [0.15, 0.2) is 48.5 Å². The molecular weight excluding hydrogens is 488 g/mol. The van der Waals surface area contributed by atoms with E-state index < -0.39 is 47.1 Å². The van der Waals surface area contributed by atoms with Crippen LogP contribution in [0.5, 0.6) is 0 Å². The highest BCUT2D eigenvalue weighted by Gasteiger charge is 2.48. The van der Waals surface area contributed by atoms with Crippen molar-refractivity contribution in [2.24, 2.45) is 17.6 Å². The summed E-state index contributed by atoms with van der Waals surface area (Å²) in [6, 6.07) is 11.6. The third-order valence-electron chi connectivity index (χ3n) is 7.14. The van der Waals surface area contributed by atoms with Gasteiger partial charge in [-0.1, -0.05) is 62.4 Å². The lowest BCUT2D eigenvalue weighted by Gasteiger charge is -2.29. The van der Waals surface area contributed by atoms with Crippen LogP contribution in [0.25, 0.3) is 11.1 Å². The Bertz CT molecular complexity index is 1240. The maximum atomic E-state index is 13.7. The molecule has 0 bridgehead atoms. The number of ketones is 1. The van der Waals surface area contributed by atoms with E-state index in [1.54, 1.807) is 24.3 Å². The molecule has 1 heterocycles. The molecule has 4 rings (SSSR count). The third kappa shape index (κ3) is 5.04. The van der Waals surface area contributed by atoms with Gasteiger partial charge in [-0.25, -0.2) is 0 Å². The Labute approximate surface area is 220 Å². The normalized spacial score (nSPS) is 18.6. The number of nitrogens with two attached hydrogens (primary N) is 1. The fraction of sp³-hybridized carbons (Fsp3) is 0.393. The Morgan fingerprint density at radius 1 is 1.00 bits per heavy atom. The Morgan fingerprint density at radius 3 is 2.08 bits per heavy atom. The van der Waals surface area contributed by atoms with Gasteiger partial charge in [-0.05, 0) is 36.3 Å². The van der Waals surface area contributed by atoms with Gasteiger partial charge in [-0.3, -0.25) is 24.0 Å². The highest BCUT2D eigenvalue weighted by molar-refractivity contribution is 6.38. The van der Waals surface area contributed by atoms with Gasteiger partial charge in [0, 0.05) is 23.6 Å². The largest absolute Gasteiger partial charge is 0.372 e. The van der Waals surface area contributed by atoms with Crippen LogP contribution >= 0.6 is 0 Å². The van der Waals surface area contributed by atoms with Crippen LogP contribution in [0.4, 0.5) is 0 Å². The van der Waals surface area contributed by atoms with Crippen LogP contribution in [0.1, 0.15) is 44.2 Å². The number of hydrogen-bond acceptors (Lipinski definition) is 6. The molecule has 3 atom stereocenters. The summed E-state index contributed by atoms with van der Waals surface area (Å²) in [5.74, 6) is -4.63. The molecule has 10 nitrogen and oxygen atoms in total. The van der Waals surface area contributed by atoms with Gasteiger partial charge < -0.3 is 26.8 Å². The number of benzene rings is 2. The predicted molar refractivity (Wildman–Crippen MR) is 138 cm³/mol. The van der Waals surface area contributed by atoms with E-state index in [1.807, 2.05) is 38.1 Å². The van der Waals surface area contributed by atoms with Crippen LogP contribution < -0.4 is 21.7 Å². The summed E-state index contributed by atoms with van der Waals surface area (Å²) >= 11 is 0. The van der Waals surface area contributed by atoms with Gasteiger partial charge in [0.25, 0.3) is 11.8 Å². The fourth-order valence-corrected chi connectivity index (χ4v) is 5.25. The molecule has 6 N–H and O–H groups in total. The number of amides is 4. The van der Waals surface area contributed by atoms with Gasteiger partial charge in [0.1, 0.15) is 6.04 Å². The Kier molecular flexibility index (Phi) is 7.63. The van der Waals surface area contributed by atoms with Crippen molar-refractivity contribution >= 4 is 29.4 Å². The first-order chi connectivity index (χ1) is 18.0. The average molecular weight is 521 g/mol. The summed E-state index contributed by atoms with van der Waals surface area (Å²) < 4.78 is 0. The smallest absolute Gasteiger partial charge is 0.287 e. The number of hydrogen-bond donors (Lipinski definition) is 5. The third-order valence-corrected chi connectivity index (χ3v) is 7.14. The number of nitrogens with one attached hydrogen (secondary N) is 3. The summed E-state index contributed by atoms with van der Waals surface area (Å²) in [7, 11) is 0. The van der Waals surface area contributed by atoms with Crippen molar-refractivity contribution in [1.82, 2.24) is 16.0 Å². The first-order valence-electron chi connectivity index (χ1n) is 12.7. The number of carbonyl (C=O) groups is 5. The van der Waals surface area contributed by atoms with E-state index in [1.165, 1.54) is 0 Å². The van der Waals surface area contributed by atoms with E-state index in [2.05, 4.69) is 16.0 Å². The van der Waals surface area contributed by atoms with Crippen molar-refractivity contribution in [2.45, 2.75) is 50.8 Å². The first-order valence-corrected chi connectivity index (χ1v) is 12.7. The molecule has 0 radical (unpaired) electrons. The molecule has 200 valence electrons. The van der Waals surface area contributed by atoms with Crippen molar-refractivity contribution in [2.75, 3.05) is 6.54 Å². The molecule has 10 heteroatoms. The van der Waals surface area contributed by atoms with Crippen LogP contribution in [-0.2, 0) is 29.6 Å². The predicted octanol–water partition coefficient (Wildman–Crippen LogP) is 0.499. The molecule has 0 unspecified atom stereocenters. The summed E-state index contributed by atoms with van der Waals surface area (Å²) in [6.45, 7) is 4.15. The Hall–Kier alpha value is -4.05. The van der Waals surface area contributed by atoms with Crippen LogP contribution in [0.3, 0.4) is 0 Å². The first kappa shape index (κ1) is 27.0. The lowest BCUT2D eigenvalue weighted by Crippen LogP contribution is -2.57. The molecule has 38 heavy (non-hydrogen) atoms. The lowest BCUT2D eigenvalue weighted by molar-refractivity contribution is -0.141. The number of primary amides is 1. The molecule has 1 saturated heterocycles. The Morgan fingerprint density at radius 2 is 1.58 bits per heavy atom. The van der Waals surface area contributed by atoms with E-state index in [4.69, 9.17) is 5.73 Å². The van der Waals surface area contributed by atoms with Crippen LogP contribution in [0, 0.1) is 11.8 Å². The maximum absolute atomic E-state index is 13.7.